The fraction of sp³-hybridized carbons (Fsp3) is 0.125. The van der Waals surface area contributed by atoms with Crippen LogP contribution < -0.4 is 15.4 Å². The van der Waals surface area contributed by atoms with E-state index < -0.39 is 0 Å². The van der Waals surface area contributed by atoms with Crippen molar-refractivity contribution in [2.75, 3.05) is 19.5 Å². The monoisotopic (exact) mass is 433 g/mol. The number of benzene rings is 3. The normalized spacial score (nSPS) is 10.1. The number of amides is 2. The summed E-state index contributed by atoms with van der Waals surface area (Å²) in [5.41, 5.74) is 2.54. The van der Waals surface area contributed by atoms with Crippen LogP contribution >= 0.6 is 12.2 Å². The van der Waals surface area contributed by atoms with E-state index in [1.54, 1.807) is 60.5 Å². The number of carbonyl (C=O) groups excluding carboxylic acids is 2. The lowest BCUT2D eigenvalue weighted by atomic mass is 10.1. The highest BCUT2D eigenvalue weighted by atomic mass is 32.1. The van der Waals surface area contributed by atoms with Crippen molar-refractivity contribution < 1.29 is 14.3 Å². The molecule has 158 valence electrons. The molecule has 3 aromatic rings. The Morgan fingerprint density at radius 2 is 1.68 bits per heavy atom. The SMILES string of the molecule is COc1ccccc1C(=O)NC(=S)Nc1cccc(C(=O)N(C)Cc2ccccc2)c1. The topological polar surface area (TPSA) is 70.7 Å². The Balaban J connectivity index is 1.63. The van der Waals surface area contributed by atoms with Gasteiger partial charge in [0.05, 0.1) is 12.7 Å². The predicted molar refractivity (Wildman–Crippen MR) is 125 cm³/mol. The minimum atomic E-state index is -0.384. The second-order valence-electron chi connectivity index (χ2n) is 6.84. The zero-order valence-electron chi connectivity index (χ0n) is 17.3. The maximum absolute atomic E-state index is 12.8. The summed E-state index contributed by atoms with van der Waals surface area (Å²) in [6.07, 6.45) is 0. The largest absolute Gasteiger partial charge is 0.496 e. The van der Waals surface area contributed by atoms with Gasteiger partial charge < -0.3 is 15.0 Å². The third kappa shape index (κ3) is 5.90. The van der Waals surface area contributed by atoms with Gasteiger partial charge in [-0.25, -0.2) is 0 Å². The first-order chi connectivity index (χ1) is 15.0. The van der Waals surface area contributed by atoms with Crippen LogP contribution in [0.1, 0.15) is 26.3 Å². The molecule has 2 amide bonds. The summed E-state index contributed by atoms with van der Waals surface area (Å²) >= 11 is 5.26. The molecule has 0 spiro atoms. The van der Waals surface area contributed by atoms with E-state index in [0.29, 0.717) is 29.1 Å². The van der Waals surface area contributed by atoms with Gasteiger partial charge in [0.15, 0.2) is 5.11 Å². The standard InChI is InChI=1S/C24H23N3O3S/c1-27(16-17-9-4-3-5-10-17)23(29)18-11-8-12-19(15-18)25-24(31)26-22(28)20-13-6-7-14-21(20)30-2/h3-15H,16H2,1-2H3,(H2,25,26,28,31). The first kappa shape index (κ1) is 22.0. The van der Waals surface area contributed by atoms with Gasteiger partial charge in [0.25, 0.3) is 11.8 Å². The quantitative estimate of drug-likeness (QED) is 0.573. The van der Waals surface area contributed by atoms with E-state index in [-0.39, 0.29) is 16.9 Å². The van der Waals surface area contributed by atoms with Gasteiger partial charge in [0.2, 0.25) is 0 Å². The summed E-state index contributed by atoms with van der Waals surface area (Å²) in [7, 11) is 3.26. The molecule has 0 saturated heterocycles. The second-order valence-corrected chi connectivity index (χ2v) is 7.24. The van der Waals surface area contributed by atoms with Crippen LogP contribution in [0.2, 0.25) is 0 Å². The van der Waals surface area contributed by atoms with Crippen molar-refractivity contribution in [2.45, 2.75) is 6.54 Å². The fourth-order valence-electron chi connectivity index (χ4n) is 3.04. The van der Waals surface area contributed by atoms with Crippen molar-refractivity contribution in [3.63, 3.8) is 0 Å². The minimum absolute atomic E-state index is 0.114. The molecule has 0 radical (unpaired) electrons. The number of ether oxygens (including phenoxy) is 1. The van der Waals surface area contributed by atoms with E-state index in [2.05, 4.69) is 10.6 Å². The van der Waals surface area contributed by atoms with Gasteiger partial charge in [0.1, 0.15) is 5.75 Å². The molecule has 0 aromatic heterocycles. The molecule has 0 atom stereocenters. The average Bonchev–Trinajstić information content (AvgIpc) is 2.79. The van der Waals surface area contributed by atoms with Gasteiger partial charge in [0, 0.05) is 24.8 Å². The lowest BCUT2D eigenvalue weighted by molar-refractivity contribution is 0.0785. The van der Waals surface area contributed by atoms with Crippen LogP contribution in [0.25, 0.3) is 0 Å². The molecule has 3 rings (SSSR count). The molecule has 0 unspecified atom stereocenters. The summed E-state index contributed by atoms with van der Waals surface area (Å²) < 4.78 is 5.21. The van der Waals surface area contributed by atoms with Gasteiger partial charge in [-0.05, 0) is 48.1 Å². The molecule has 6 nitrogen and oxygen atoms in total. The Labute approximate surface area is 186 Å². The van der Waals surface area contributed by atoms with E-state index in [0.717, 1.165) is 5.56 Å². The molecule has 0 bridgehead atoms. The number of nitrogens with one attached hydrogen (secondary N) is 2. The van der Waals surface area contributed by atoms with Crippen molar-refractivity contribution in [2.24, 2.45) is 0 Å². The third-order valence-corrected chi connectivity index (χ3v) is 4.76. The van der Waals surface area contributed by atoms with E-state index in [1.807, 2.05) is 30.3 Å². The summed E-state index contributed by atoms with van der Waals surface area (Å²) in [5.74, 6) is -0.0434. The molecular formula is C24H23N3O3S. The van der Waals surface area contributed by atoms with Gasteiger partial charge in [-0.1, -0.05) is 48.5 Å². The number of hydrogen-bond acceptors (Lipinski definition) is 4. The van der Waals surface area contributed by atoms with Gasteiger partial charge in [-0.15, -0.1) is 0 Å². The molecule has 0 saturated carbocycles. The molecule has 2 N–H and O–H groups in total. The Hall–Kier alpha value is -3.71. The molecule has 7 heteroatoms. The summed E-state index contributed by atoms with van der Waals surface area (Å²) in [5, 5.41) is 5.70. The van der Waals surface area contributed by atoms with E-state index in [9.17, 15) is 9.59 Å². The van der Waals surface area contributed by atoms with Crippen molar-refractivity contribution in [3.8, 4) is 5.75 Å². The summed E-state index contributed by atoms with van der Waals surface area (Å²) in [6, 6.07) is 23.6. The number of carbonyl (C=O) groups is 2. The zero-order valence-corrected chi connectivity index (χ0v) is 18.1. The first-order valence-corrected chi connectivity index (χ1v) is 10.0. The Morgan fingerprint density at radius 3 is 2.42 bits per heavy atom. The Bertz CT molecular complexity index is 1090. The molecule has 0 fully saturated rings. The van der Waals surface area contributed by atoms with E-state index in [4.69, 9.17) is 17.0 Å². The first-order valence-electron chi connectivity index (χ1n) is 9.62. The molecule has 0 aliphatic heterocycles. The molecule has 0 aliphatic rings. The molecule has 3 aromatic carbocycles. The predicted octanol–water partition coefficient (Wildman–Crippen LogP) is 4.09. The van der Waals surface area contributed by atoms with Gasteiger partial charge in [-0.3, -0.25) is 14.9 Å². The highest BCUT2D eigenvalue weighted by molar-refractivity contribution is 7.80. The number of methoxy groups -OCH3 is 1. The Kier molecular flexibility index (Phi) is 7.35. The van der Waals surface area contributed by atoms with Crippen molar-refractivity contribution in [1.29, 1.82) is 0 Å². The number of nitrogens with zero attached hydrogens (tertiary/aromatic N) is 1. The number of para-hydroxylation sites is 1. The lowest BCUT2D eigenvalue weighted by Crippen LogP contribution is -2.34. The average molecular weight is 434 g/mol. The lowest BCUT2D eigenvalue weighted by Gasteiger charge is -2.18. The number of rotatable bonds is 6. The van der Waals surface area contributed by atoms with Crippen molar-refractivity contribution in [1.82, 2.24) is 10.2 Å². The maximum atomic E-state index is 12.8. The van der Waals surface area contributed by atoms with Gasteiger partial charge in [-0.2, -0.15) is 0 Å². The fourth-order valence-corrected chi connectivity index (χ4v) is 3.26. The molecule has 31 heavy (non-hydrogen) atoms. The summed E-state index contributed by atoms with van der Waals surface area (Å²) in [6.45, 7) is 0.505. The minimum Gasteiger partial charge on any atom is -0.496 e. The van der Waals surface area contributed by atoms with Crippen LogP contribution in [0.4, 0.5) is 5.69 Å². The van der Waals surface area contributed by atoms with Crippen LogP contribution in [0.3, 0.4) is 0 Å². The van der Waals surface area contributed by atoms with Crippen LogP contribution in [0.15, 0.2) is 78.9 Å². The number of hydrogen-bond donors (Lipinski definition) is 2. The van der Waals surface area contributed by atoms with Crippen LogP contribution in [0.5, 0.6) is 5.75 Å². The molecular weight excluding hydrogens is 410 g/mol. The van der Waals surface area contributed by atoms with E-state index in [1.165, 1.54) is 7.11 Å². The van der Waals surface area contributed by atoms with Crippen LogP contribution in [-0.2, 0) is 6.54 Å². The van der Waals surface area contributed by atoms with Crippen LogP contribution in [0, 0.1) is 0 Å². The highest BCUT2D eigenvalue weighted by Gasteiger charge is 2.15. The number of thiocarbonyl (C=S) groups is 1. The number of anilines is 1. The van der Waals surface area contributed by atoms with E-state index >= 15 is 0 Å². The highest BCUT2D eigenvalue weighted by Crippen LogP contribution is 2.17. The van der Waals surface area contributed by atoms with Crippen LogP contribution in [-0.4, -0.2) is 36.0 Å². The summed E-state index contributed by atoms with van der Waals surface area (Å²) in [4.78, 5) is 26.9. The maximum Gasteiger partial charge on any atom is 0.261 e. The zero-order chi connectivity index (χ0) is 22.2. The van der Waals surface area contributed by atoms with Gasteiger partial charge >= 0.3 is 0 Å². The van der Waals surface area contributed by atoms with Crippen molar-refractivity contribution >= 4 is 34.8 Å². The third-order valence-electron chi connectivity index (χ3n) is 4.56. The Morgan fingerprint density at radius 1 is 0.968 bits per heavy atom. The molecule has 0 aliphatic carbocycles. The molecule has 0 heterocycles. The second kappa shape index (κ2) is 10.4. The smallest absolute Gasteiger partial charge is 0.261 e. The van der Waals surface area contributed by atoms with Crippen molar-refractivity contribution in [3.05, 3.63) is 95.6 Å².